The first kappa shape index (κ1) is 30.1. The van der Waals surface area contributed by atoms with Crippen LogP contribution in [0.5, 0.6) is 5.75 Å². The van der Waals surface area contributed by atoms with Crippen LogP contribution in [0.4, 0.5) is 8.78 Å². The fourth-order valence-corrected chi connectivity index (χ4v) is 5.36. The molecule has 0 heterocycles. The lowest BCUT2D eigenvalue weighted by molar-refractivity contribution is -0.273. The highest BCUT2D eigenvalue weighted by Crippen LogP contribution is 2.38. The summed E-state index contributed by atoms with van der Waals surface area (Å²) >= 11 is 0. The molecule has 3 aromatic rings. The van der Waals surface area contributed by atoms with Gasteiger partial charge in [-0.2, -0.15) is 0 Å². The number of halogens is 2. The van der Waals surface area contributed by atoms with Gasteiger partial charge in [0, 0.05) is 18.2 Å². The molecule has 2 unspecified atom stereocenters. The average Bonchev–Trinajstić information content (AvgIpc) is 2.93. The van der Waals surface area contributed by atoms with Crippen molar-refractivity contribution in [3.05, 3.63) is 101 Å². The van der Waals surface area contributed by atoms with Gasteiger partial charge >= 0.3 is 0 Å². The molecule has 8 heteroatoms. The molecule has 2 atom stereocenters. The molecule has 1 saturated carbocycles. The molecule has 0 spiro atoms. The van der Waals surface area contributed by atoms with Gasteiger partial charge in [0.05, 0.1) is 12.1 Å². The zero-order valence-electron chi connectivity index (χ0n) is 23.6. The number of hydrazine groups is 1. The standard InChI is InChI=1S/C32H41F2N3O3/c1-31(2,3)24-11-10-12-25(20-24)32(15-8-5-9-16-32)35-22-30(38)29(19-23-17-26(33)21-27(34)18-23)36-37-40-39-28-13-6-4-7-14-28/h4,6-7,10-14,17-18,20-21,29-30,35-38H,5,8-9,15-16,19,22H2,1-3H3. The molecule has 1 fully saturated rings. The molecule has 40 heavy (non-hydrogen) atoms. The van der Waals surface area contributed by atoms with Gasteiger partial charge in [-0.05, 0) is 65.6 Å². The molecule has 0 aromatic heterocycles. The number of hydrogen-bond acceptors (Lipinski definition) is 6. The van der Waals surface area contributed by atoms with Crippen LogP contribution in [0.3, 0.4) is 0 Å². The summed E-state index contributed by atoms with van der Waals surface area (Å²) in [7, 11) is 0. The van der Waals surface area contributed by atoms with E-state index in [1.807, 2.05) is 6.07 Å². The minimum Gasteiger partial charge on any atom is -0.390 e. The minimum absolute atomic E-state index is 0.0219. The Morgan fingerprint density at radius 3 is 2.27 bits per heavy atom. The number of hydrogen-bond donors (Lipinski definition) is 4. The van der Waals surface area contributed by atoms with Crippen molar-refractivity contribution >= 4 is 0 Å². The van der Waals surface area contributed by atoms with Crippen molar-refractivity contribution in [2.75, 3.05) is 6.54 Å². The van der Waals surface area contributed by atoms with Crippen LogP contribution in [-0.4, -0.2) is 23.8 Å². The lowest BCUT2D eigenvalue weighted by Crippen LogP contribution is -2.55. The van der Waals surface area contributed by atoms with Gasteiger partial charge in [0.2, 0.25) is 0 Å². The quantitative estimate of drug-likeness (QED) is 0.125. The lowest BCUT2D eigenvalue weighted by atomic mass is 9.74. The summed E-state index contributed by atoms with van der Waals surface area (Å²) in [5.74, 6) is -0.852. The summed E-state index contributed by atoms with van der Waals surface area (Å²) in [4.78, 5) is 10.3. The van der Waals surface area contributed by atoms with Gasteiger partial charge in [-0.1, -0.05) is 93.1 Å². The molecular formula is C32H41F2N3O3. The molecule has 0 radical (unpaired) electrons. The normalized spacial score (nSPS) is 16.9. The van der Waals surface area contributed by atoms with Crippen LogP contribution in [0.2, 0.25) is 0 Å². The van der Waals surface area contributed by atoms with Crippen LogP contribution < -0.4 is 21.2 Å². The van der Waals surface area contributed by atoms with E-state index < -0.39 is 23.8 Å². The highest BCUT2D eigenvalue weighted by molar-refractivity contribution is 5.34. The summed E-state index contributed by atoms with van der Waals surface area (Å²) in [6.07, 6.45) is 4.52. The van der Waals surface area contributed by atoms with Gasteiger partial charge in [0.1, 0.15) is 11.6 Å². The van der Waals surface area contributed by atoms with E-state index in [-0.39, 0.29) is 23.9 Å². The molecule has 0 amide bonds. The van der Waals surface area contributed by atoms with E-state index in [1.54, 1.807) is 24.3 Å². The number of rotatable bonds is 12. The second-order valence-electron chi connectivity index (χ2n) is 11.7. The van der Waals surface area contributed by atoms with Crippen molar-refractivity contribution in [3.63, 3.8) is 0 Å². The molecule has 4 rings (SSSR count). The van der Waals surface area contributed by atoms with E-state index in [0.29, 0.717) is 11.3 Å². The summed E-state index contributed by atoms with van der Waals surface area (Å²) < 4.78 is 27.8. The van der Waals surface area contributed by atoms with Gasteiger partial charge in [-0.15, -0.1) is 0 Å². The highest BCUT2D eigenvalue weighted by Gasteiger charge is 2.35. The largest absolute Gasteiger partial charge is 0.390 e. The maximum absolute atomic E-state index is 13.9. The van der Waals surface area contributed by atoms with Gasteiger partial charge < -0.3 is 15.3 Å². The monoisotopic (exact) mass is 553 g/mol. The number of aliphatic hydroxyl groups is 1. The van der Waals surface area contributed by atoms with Gasteiger partial charge in [-0.25, -0.2) is 14.2 Å². The topological polar surface area (TPSA) is 74.8 Å². The number of benzene rings is 3. The summed E-state index contributed by atoms with van der Waals surface area (Å²) in [6, 6.07) is 20.4. The maximum Gasteiger partial charge on any atom is 0.167 e. The van der Waals surface area contributed by atoms with Crippen LogP contribution in [0.15, 0.2) is 72.8 Å². The van der Waals surface area contributed by atoms with Crippen molar-refractivity contribution in [1.29, 1.82) is 0 Å². The van der Waals surface area contributed by atoms with Crippen molar-refractivity contribution in [3.8, 4) is 5.75 Å². The molecule has 1 aliphatic carbocycles. The van der Waals surface area contributed by atoms with Crippen molar-refractivity contribution in [2.45, 2.75) is 82.4 Å². The SMILES string of the molecule is CC(C)(C)c1cccc(C2(NCC(O)C(Cc3cc(F)cc(F)c3)NNOOc3ccccc3)CCCCC2)c1. The Hall–Kier alpha value is -2.88. The Bertz CT molecular complexity index is 1190. The average molecular weight is 554 g/mol. The molecule has 0 saturated heterocycles. The smallest absolute Gasteiger partial charge is 0.167 e. The number of para-hydroxylation sites is 1. The highest BCUT2D eigenvalue weighted by atomic mass is 19.1. The second kappa shape index (κ2) is 13.7. The van der Waals surface area contributed by atoms with Crippen LogP contribution in [0.25, 0.3) is 0 Å². The Balaban J connectivity index is 1.48. The zero-order valence-corrected chi connectivity index (χ0v) is 23.6. The second-order valence-corrected chi connectivity index (χ2v) is 11.7. The Labute approximate surface area is 236 Å². The molecule has 216 valence electrons. The first-order valence-electron chi connectivity index (χ1n) is 14.0. The maximum atomic E-state index is 13.9. The van der Waals surface area contributed by atoms with Crippen LogP contribution in [-0.2, 0) is 22.4 Å². The molecule has 6 nitrogen and oxygen atoms in total. The number of nitrogens with one attached hydrogen (secondary N) is 3. The first-order valence-corrected chi connectivity index (χ1v) is 14.0. The van der Waals surface area contributed by atoms with Crippen molar-refractivity contribution < 1.29 is 23.8 Å². The van der Waals surface area contributed by atoms with E-state index in [2.05, 4.69) is 61.4 Å². The molecule has 1 aliphatic rings. The van der Waals surface area contributed by atoms with Gasteiger partial charge in [0.25, 0.3) is 0 Å². The summed E-state index contributed by atoms with van der Waals surface area (Å²) in [5.41, 5.74) is 8.09. The third-order valence-corrected chi connectivity index (χ3v) is 7.65. The minimum atomic E-state index is -0.927. The van der Waals surface area contributed by atoms with E-state index in [0.717, 1.165) is 31.7 Å². The van der Waals surface area contributed by atoms with Gasteiger partial charge in [-0.3, -0.25) is 0 Å². The van der Waals surface area contributed by atoms with Crippen molar-refractivity contribution in [1.82, 2.24) is 16.3 Å². The first-order chi connectivity index (χ1) is 19.1. The van der Waals surface area contributed by atoms with Crippen LogP contribution in [0, 0.1) is 11.6 Å². The van der Waals surface area contributed by atoms with E-state index >= 15 is 0 Å². The lowest BCUT2D eigenvalue weighted by Gasteiger charge is -2.41. The molecular weight excluding hydrogens is 512 g/mol. The van der Waals surface area contributed by atoms with E-state index in [1.165, 1.54) is 29.7 Å². The molecule has 3 aromatic carbocycles. The van der Waals surface area contributed by atoms with E-state index in [9.17, 15) is 13.9 Å². The summed E-state index contributed by atoms with van der Waals surface area (Å²) in [5, 5.41) is 15.0. The fraction of sp³-hybridized carbons (Fsp3) is 0.438. The van der Waals surface area contributed by atoms with Crippen LogP contribution in [0.1, 0.15) is 69.6 Å². The summed E-state index contributed by atoms with van der Waals surface area (Å²) in [6.45, 7) is 6.88. The third kappa shape index (κ3) is 8.32. The molecule has 0 aliphatic heterocycles. The zero-order chi connectivity index (χ0) is 28.6. The Kier molecular flexibility index (Phi) is 10.3. The van der Waals surface area contributed by atoms with Gasteiger partial charge in [0.15, 0.2) is 5.75 Å². The molecule has 4 N–H and O–H groups in total. The predicted molar refractivity (Wildman–Crippen MR) is 152 cm³/mol. The molecule has 0 bridgehead atoms. The van der Waals surface area contributed by atoms with E-state index in [4.69, 9.17) is 9.88 Å². The fourth-order valence-electron chi connectivity index (χ4n) is 5.36. The van der Waals surface area contributed by atoms with Crippen LogP contribution >= 0.6 is 0 Å². The van der Waals surface area contributed by atoms with Crippen molar-refractivity contribution in [2.24, 2.45) is 0 Å². The Morgan fingerprint density at radius 2 is 1.60 bits per heavy atom. The third-order valence-electron chi connectivity index (χ3n) is 7.65. The predicted octanol–water partition coefficient (Wildman–Crippen LogP) is 6.00. The Morgan fingerprint density at radius 1 is 0.900 bits per heavy atom. The number of aliphatic hydroxyl groups excluding tert-OH is 1.